The Kier molecular flexibility index (Phi) is 5.67. The maximum Gasteiger partial charge on any atom is 0.117 e. The Labute approximate surface area is 204 Å². The molecule has 34 heavy (non-hydrogen) atoms. The lowest BCUT2D eigenvalue weighted by Gasteiger charge is -2.12. The zero-order valence-electron chi connectivity index (χ0n) is 18.0. The monoisotopic (exact) mass is 474 g/mol. The van der Waals surface area contributed by atoms with E-state index in [1.165, 1.54) is 0 Å². The van der Waals surface area contributed by atoms with Gasteiger partial charge in [0.2, 0.25) is 0 Å². The summed E-state index contributed by atoms with van der Waals surface area (Å²) in [6.45, 7) is 0. The van der Waals surface area contributed by atoms with Crippen LogP contribution in [0.2, 0.25) is 0 Å². The summed E-state index contributed by atoms with van der Waals surface area (Å²) in [5, 5.41) is 4.00. The average Bonchev–Trinajstić information content (AvgIpc) is 2.92. The van der Waals surface area contributed by atoms with Gasteiger partial charge in [-0.3, -0.25) is 9.97 Å². The first-order valence-electron chi connectivity index (χ1n) is 10.8. The van der Waals surface area contributed by atoms with Gasteiger partial charge < -0.3 is 0 Å². The van der Waals surface area contributed by atoms with Gasteiger partial charge in [-0.25, -0.2) is 9.97 Å². The average molecular weight is 475 g/mol. The number of hydrogen-bond acceptors (Lipinski definition) is 6. The van der Waals surface area contributed by atoms with Crippen molar-refractivity contribution in [3.63, 3.8) is 0 Å². The Bertz CT molecular complexity index is 1480. The van der Waals surface area contributed by atoms with Crippen LogP contribution in [0.15, 0.2) is 120 Å². The van der Waals surface area contributed by atoms with Gasteiger partial charge >= 0.3 is 0 Å². The highest BCUT2D eigenvalue weighted by molar-refractivity contribution is 8.76. The van der Waals surface area contributed by atoms with Crippen molar-refractivity contribution in [1.82, 2.24) is 19.9 Å². The molecule has 4 nitrogen and oxygen atoms in total. The van der Waals surface area contributed by atoms with Crippen molar-refractivity contribution < 1.29 is 0 Å². The molecule has 2 aromatic carbocycles. The molecule has 0 spiro atoms. The van der Waals surface area contributed by atoms with E-state index in [4.69, 9.17) is 9.97 Å². The first-order chi connectivity index (χ1) is 16.8. The predicted octanol–water partition coefficient (Wildman–Crippen LogP) is 7.71. The largest absolute Gasteiger partial charge is 0.256 e. The standard InChI is InChI=1S/C28H18N4S2/c1-3-11-23-19(9-1)17-21(25-13-5-7-15-29-25)27(31-23)33-34-28-22(26-14-6-8-16-30-26)18-20-10-2-4-12-24(20)32-28/h1-18H. The smallest absolute Gasteiger partial charge is 0.117 e. The highest BCUT2D eigenvalue weighted by Gasteiger charge is 2.16. The molecule has 0 amide bonds. The topological polar surface area (TPSA) is 51.6 Å². The summed E-state index contributed by atoms with van der Waals surface area (Å²) >= 11 is 0. The minimum absolute atomic E-state index is 0.903. The molecule has 0 bridgehead atoms. The van der Waals surface area contributed by atoms with Crippen molar-refractivity contribution >= 4 is 43.4 Å². The highest BCUT2D eigenvalue weighted by atomic mass is 33.1. The van der Waals surface area contributed by atoms with Crippen molar-refractivity contribution in [1.29, 1.82) is 0 Å². The van der Waals surface area contributed by atoms with Crippen molar-refractivity contribution in [2.24, 2.45) is 0 Å². The molecule has 0 fully saturated rings. The fourth-order valence-electron chi connectivity index (χ4n) is 3.81. The van der Waals surface area contributed by atoms with Gasteiger partial charge in [0.1, 0.15) is 10.1 Å². The second kappa shape index (κ2) is 9.25. The second-order valence-corrected chi connectivity index (χ2v) is 9.77. The number of pyridine rings is 4. The summed E-state index contributed by atoms with van der Waals surface area (Å²) in [4.78, 5) is 19.2. The molecule has 6 heteroatoms. The summed E-state index contributed by atoms with van der Waals surface area (Å²) in [6, 6.07) is 32.6. The highest BCUT2D eigenvalue weighted by Crippen LogP contribution is 2.44. The van der Waals surface area contributed by atoms with Crippen LogP contribution in [0.1, 0.15) is 0 Å². The fraction of sp³-hybridized carbons (Fsp3) is 0. The fourth-order valence-corrected chi connectivity index (χ4v) is 5.99. The van der Waals surface area contributed by atoms with Gasteiger partial charge in [0.15, 0.2) is 0 Å². The second-order valence-electron chi connectivity index (χ2n) is 7.66. The Hall–Kier alpha value is -3.74. The van der Waals surface area contributed by atoms with E-state index in [1.54, 1.807) is 21.6 Å². The molecule has 6 rings (SSSR count). The van der Waals surface area contributed by atoms with Gasteiger partial charge in [0.25, 0.3) is 0 Å². The molecule has 0 aliphatic carbocycles. The van der Waals surface area contributed by atoms with E-state index in [-0.39, 0.29) is 0 Å². The number of nitrogens with zero attached hydrogens (tertiary/aromatic N) is 4. The van der Waals surface area contributed by atoms with Crippen LogP contribution in [-0.2, 0) is 0 Å². The predicted molar refractivity (Wildman–Crippen MR) is 142 cm³/mol. The third kappa shape index (κ3) is 4.14. The van der Waals surface area contributed by atoms with Crippen LogP contribution in [0.25, 0.3) is 44.3 Å². The van der Waals surface area contributed by atoms with Crippen molar-refractivity contribution in [3.05, 3.63) is 109 Å². The Morgan fingerprint density at radius 3 is 1.35 bits per heavy atom. The number of aromatic nitrogens is 4. The van der Waals surface area contributed by atoms with Gasteiger partial charge in [-0.15, -0.1) is 0 Å². The summed E-state index contributed by atoms with van der Waals surface area (Å²) < 4.78 is 0. The number of fused-ring (bicyclic) bond motifs is 2. The molecule has 0 aliphatic heterocycles. The molecular weight excluding hydrogens is 456 g/mol. The molecule has 0 unspecified atom stereocenters. The van der Waals surface area contributed by atoms with Crippen molar-refractivity contribution in [3.8, 4) is 22.5 Å². The molecule has 6 aromatic rings. The molecule has 0 saturated heterocycles. The van der Waals surface area contributed by atoms with E-state index in [2.05, 4.69) is 34.2 Å². The van der Waals surface area contributed by atoms with Gasteiger partial charge in [-0.2, -0.15) is 0 Å². The van der Waals surface area contributed by atoms with E-state index < -0.39 is 0 Å². The van der Waals surface area contributed by atoms with E-state index >= 15 is 0 Å². The summed E-state index contributed by atoms with van der Waals surface area (Å²) in [5.41, 5.74) is 5.75. The van der Waals surface area contributed by atoms with E-state index in [9.17, 15) is 0 Å². The van der Waals surface area contributed by atoms with Crippen LogP contribution < -0.4 is 0 Å². The third-order valence-electron chi connectivity index (χ3n) is 5.46. The van der Waals surface area contributed by atoms with Crippen LogP contribution in [-0.4, -0.2) is 19.9 Å². The lowest BCUT2D eigenvalue weighted by molar-refractivity contribution is 1.17. The molecule has 0 radical (unpaired) electrons. The summed E-state index contributed by atoms with van der Waals surface area (Å²) in [5.74, 6) is 0. The molecule has 0 N–H and O–H groups in total. The minimum Gasteiger partial charge on any atom is -0.256 e. The normalized spacial score (nSPS) is 11.2. The van der Waals surface area contributed by atoms with Gasteiger partial charge in [-0.1, -0.05) is 48.5 Å². The van der Waals surface area contributed by atoms with Crippen molar-refractivity contribution in [2.45, 2.75) is 10.1 Å². The molecule has 0 saturated carbocycles. The maximum absolute atomic E-state index is 4.99. The van der Waals surface area contributed by atoms with Gasteiger partial charge in [-0.05, 0) is 70.1 Å². The molecule has 0 atom stereocenters. The zero-order chi connectivity index (χ0) is 22.7. The van der Waals surface area contributed by atoms with Crippen LogP contribution in [0.3, 0.4) is 0 Å². The molecule has 162 valence electrons. The quantitative estimate of drug-likeness (QED) is 0.239. The Balaban J connectivity index is 1.45. The zero-order valence-corrected chi connectivity index (χ0v) is 19.6. The Morgan fingerprint density at radius 2 is 0.912 bits per heavy atom. The molecule has 0 aliphatic rings. The van der Waals surface area contributed by atoms with Crippen LogP contribution in [0.4, 0.5) is 0 Å². The van der Waals surface area contributed by atoms with Crippen molar-refractivity contribution in [2.75, 3.05) is 0 Å². The lowest BCUT2D eigenvalue weighted by Crippen LogP contribution is -1.92. The number of para-hydroxylation sites is 2. The van der Waals surface area contributed by atoms with Gasteiger partial charge in [0, 0.05) is 34.3 Å². The SMILES string of the molecule is c1ccc(-c2cc3ccccc3nc2SSc2nc3ccccc3cc2-c2ccccn2)nc1. The summed E-state index contributed by atoms with van der Waals surface area (Å²) in [6.07, 6.45) is 3.63. The summed E-state index contributed by atoms with van der Waals surface area (Å²) in [7, 11) is 3.20. The number of hydrogen-bond donors (Lipinski definition) is 0. The van der Waals surface area contributed by atoms with Crippen LogP contribution in [0.5, 0.6) is 0 Å². The first kappa shape index (κ1) is 20.8. The first-order valence-corrected chi connectivity index (χ1v) is 13.0. The molecule has 4 aromatic heterocycles. The number of rotatable bonds is 5. The third-order valence-corrected chi connectivity index (χ3v) is 7.68. The Morgan fingerprint density at radius 1 is 0.471 bits per heavy atom. The van der Waals surface area contributed by atoms with E-state index in [0.29, 0.717) is 0 Å². The lowest BCUT2D eigenvalue weighted by atomic mass is 10.1. The maximum atomic E-state index is 4.99. The van der Waals surface area contributed by atoms with E-state index in [1.807, 2.05) is 85.2 Å². The minimum atomic E-state index is 0.903. The van der Waals surface area contributed by atoms with Gasteiger partial charge in [0.05, 0.1) is 22.4 Å². The molecular formula is C28H18N4S2. The molecule has 4 heterocycles. The number of benzene rings is 2. The van der Waals surface area contributed by atoms with Crippen LogP contribution >= 0.6 is 21.6 Å². The van der Waals surface area contributed by atoms with Crippen LogP contribution in [0, 0.1) is 0 Å². The van der Waals surface area contributed by atoms with E-state index in [0.717, 1.165) is 54.4 Å².